The van der Waals surface area contributed by atoms with Gasteiger partial charge in [0.05, 0.1) is 24.5 Å². The predicted molar refractivity (Wildman–Crippen MR) is 74.1 cm³/mol. The van der Waals surface area contributed by atoms with Crippen LogP contribution in [-0.4, -0.2) is 37.3 Å². The number of Topliss-reactive ketones (excluding diaryl/α,β-unsaturated/α-hetero) is 1. The zero-order valence-corrected chi connectivity index (χ0v) is 11.8. The van der Waals surface area contributed by atoms with Crippen LogP contribution in [0.5, 0.6) is 0 Å². The van der Waals surface area contributed by atoms with Crippen LogP contribution < -0.4 is 4.90 Å². The molecule has 2 rings (SSSR count). The second-order valence-electron chi connectivity index (χ2n) is 4.49. The van der Waals surface area contributed by atoms with E-state index >= 15 is 0 Å². The fourth-order valence-electron chi connectivity index (χ4n) is 2.20. The Balaban J connectivity index is 2.25. The van der Waals surface area contributed by atoms with Gasteiger partial charge in [-0.1, -0.05) is 6.07 Å². The van der Waals surface area contributed by atoms with E-state index in [1.54, 1.807) is 6.07 Å². The number of hydrogen-bond acceptors (Lipinski definition) is 3. The lowest BCUT2D eigenvalue weighted by Crippen LogP contribution is -2.33. The Morgan fingerprint density at radius 3 is 2.63 bits per heavy atom. The van der Waals surface area contributed by atoms with Crippen molar-refractivity contribution in [3.8, 4) is 0 Å². The quantitative estimate of drug-likeness (QED) is 0.472. The number of fused-ring (bicyclic) bond motifs is 1. The number of amides is 1. The highest BCUT2D eigenvalue weighted by atomic mass is 35.5. The summed E-state index contributed by atoms with van der Waals surface area (Å²) in [6, 6.07) is 3.59. The molecule has 1 amide bonds. The molecule has 4 nitrogen and oxygen atoms in total. The topological polar surface area (TPSA) is 46.6 Å². The molecule has 5 heteroatoms. The molecule has 0 N–H and O–H groups in total. The number of aryl methyl sites for hydroxylation is 1. The van der Waals surface area contributed by atoms with Gasteiger partial charge >= 0.3 is 0 Å². The van der Waals surface area contributed by atoms with Crippen LogP contribution in [0.25, 0.3) is 0 Å². The van der Waals surface area contributed by atoms with Crippen molar-refractivity contribution in [1.29, 1.82) is 0 Å². The number of ether oxygens (including phenoxy) is 1. The maximum Gasteiger partial charge on any atom is 0.299 e. The SMILES string of the molecule is Cc1ccc2c(c1C)N(CCOCCCl)C(=O)C2=O. The fraction of sp³-hybridized carbons (Fsp3) is 0.429. The van der Waals surface area contributed by atoms with Gasteiger partial charge in [-0.3, -0.25) is 9.59 Å². The van der Waals surface area contributed by atoms with Gasteiger partial charge in [-0.15, -0.1) is 11.6 Å². The van der Waals surface area contributed by atoms with E-state index in [1.807, 2.05) is 19.9 Å². The normalized spacial score (nSPS) is 14.2. The Bertz CT molecular complexity index is 528. The van der Waals surface area contributed by atoms with Crippen molar-refractivity contribution in [2.45, 2.75) is 13.8 Å². The van der Waals surface area contributed by atoms with E-state index in [4.69, 9.17) is 16.3 Å². The van der Waals surface area contributed by atoms with E-state index in [0.29, 0.717) is 31.2 Å². The molecule has 0 spiro atoms. The van der Waals surface area contributed by atoms with Gasteiger partial charge in [-0.05, 0) is 31.0 Å². The summed E-state index contributed by atoms with van der Waals surface area (Å²) in [5.41, 5.74) is 3.25. The van der Waals surface area contributed by atoms with Crippen LogP contribution in [0, 0.1) is 13.8 Å². The number of nitrogens with zero attached hydrogens (tertiary/aromatic N) is 1. The van der Waals surface area contributed by atoms with Gasteiger partial charge in [0.15, 0.2) is 0 Å². The van der Waals surface area contributed by atoms with Crippen molar-refractivity contribution in [3.05, 3.63) is 28.8 Å². The number of carbonyl (C=O) groups excluding carboxylic acids is 2. The van der Waals surface area contributed by atoms with Crippen molar-refractivity contribution >= 4 is 29.0 Å². The van der Waals surface area contributed by atoms with E-state index in [0.717, 1.165) is 16.8 Å². The Labute approximate surface area is 117 Å². The van der Waals surface area contributed by atoms with E-state index < -0.39 is 11.7 Å². The van der Waals surface area contributed by atoms with Crippen molar-refractivity contribution in [2.24, 2.45) is 0 Å². The number of halogens is 1. The zero-order valence-electron chi connectivity index (χ0n) is 11.0. The second kappa shape index (κ2) is 5.72. The van der Waals surface area contributed by atoms with Crippen molar-refractivity contribution in [1.82, 2.24) is 0 Å². The lowest BCUT2D eigenvalue weighted by atomic mass is 10.0. The Morgan fingerprint density at radius 1 is 1.21 bits per heavy atom. The van der Waals surface area contributed by atoms with E-state index in [1.165, 1.54) is 4.90 Å². The molecule has 0 atom stereocenters. The molecule has 0 saturated heterocycles. The molecule has 0 saturated carbocycles. The number of benzene rings is 1. The summed E-state index contributed by atoms with van der Waals surface area (Å²) < 4.78 is 5.28. The molecule has 1 aliphatic rings. The Morgan fingerprint density at radius 2 is 1.95 bits per heavy atom. The van der Waals surface area contributed by atoms with Crippen LogP contribution in [0.2, 0.25) is 0 Å². The van der Waals surface area contributed by atoms with Crippen LogP contribution in [0.3, 0.4) is 0 Å². The molecule has 0 fully saturated rings. The van der Waals surface area contributed by atoms with Crippen molar-refractivity contribution in [2.75, 3.05) is 30.5 Å². The van der Waals surface area contributed by atoms with Crippen LogP contribution in [-0.2, 0) is 9.53 Å². The largest absolute Gasteiger partial charge is 0.378 e. The molecular formula is C14H16ClNO3. The molecule has 1 aromatic carbocycles. The first-order chi connectivity index (χ1) is 9.07. The van der Waals surface area contributed by atoms with Crippen LogP contribution in [0.1, 0.15) is 21.5 Å². The molecule has 102 valence electrons. The predicted octanol–water partition coefficient (Wildman–Crippen LogP) is 2.09. The molecule has 1 aliphatic heterocycles. The van der Waals surface area contributed by atoms with Gasteiger partial charge in [-0.2, -0.15) is 0 Å². The zero-order chi connectivity index (χ0) is 14.0. The van der Waals surface area contributed by atoms with E-state index in [-0.39, 0.29) is 0 Å². The Hall–Kier alpha value is -1.39. The van der Waals surface area contributed by atoms with Gasteiger partial charge in [0, 0.05) is 12.4 Å². The minimum atomic E-state index is -0.474. The molecular weight excluding hydrogens is 266 g/mol. The third-order valence-electron chi connectivity index (χ3n) is 3.34. The summed E-state index contributed by atoms with van der Waals surface area (Å²) in [5, 5.41) is 0. The molecule has 0 unspecified atom stereocenters. The van der Waals surface area contributed by atoms with Crippen LogP contribution in [0.4, 0.5) is 5.69 Å². The summed E-state index contributed by atoms with van der Waals surface area (Å²) in [5.74, 6) is -0.490. The van der Waals surface area contributed by atoms with Gasteiger partial charge in [0.1, 0.15) is 0 Å². The minimum Gasteiger partial charge on any atom is -0.378 e. The average molecular weight is 282 g/mol. The summed E-state index contributed by atoms with van der Waals surface area (Å²) in [4.78, 5) is 25.4. The van der Waals surface area contributed by atoms with E-state index in [2.05, 4.69) is 0 Å². The van der Waals surface area contributed by atoms with Gasteiger partial charge in [-0.25, -0.2) is 0 Å². The van der Waals surface area contributed by atoms with Crippen molar-refractivity contribution in [3.63, 3.8) is 0 Å². The monoisotopic (exact) mass is 281 g/mol. The number of carbonyl (C=O) groups is 2. The highest BCUT2D eigenvalue weighted by Gasteiger charge is 2.36. The first kappa shape index (κ1) is 14.0. The lowest BCUT2D eigenvalue weighted by Gasteiger charge is -2.19. The second-order valence-corrected chi connectivity index (χ2v) is 4.87. The molecule has 0 aromatic heterocycles. The summed E-state index contributed by atoms with van der Waals surface area (Å²) in [6.07, 6.45) is 0. The first-order valence-electron chi connectivity index (χ1n) is 6.18. The minimum absolute atomic E-state index is 0.374. The maximum atomic E-state index is 12.0. The molecule has 1 aromatic rings. The molecule has 1 heterocycles. The van der Waals surface area contributed by atoms with Gasteiger partial charge in [0.2, 0.25) is 0 Å². The van der Waals surface area contributed by atoms with Crippen LogP contribution in [0.15, 0.2) is 12.1 Å². The maximum absolute atomic E-state index is 12.0. The van der Waals surface area contributed by atoms with Crippen LogP contribution >= 0.6 is 11.6 Å². The highest BCUT2D eigenvalue weighted by molar-refractivity contribution is 6.52. The first-order valence-corrected chi connectivity index (χ1v) is 6.71. The third-order valence-corrected chi connectivity index (χ3v) is 3.49. The average Bonchev–Trinajstić information content (AvgIpc) is 2.64. The highest BCUT2D eigenvalue weighted by Crippen LogP contribution is 2.33. The summed E-state index contributed by atoms with van der Waals surface area (Å²) >= 11 is 5.52. The summed E-state index contributed by atoms with van der Waals surface area (Å²) in [6.45, 7) is 5.08. The standard InChI is InChI=1S/C14H16ClNO3/c1-9-3-4-11-12(10(9)2)16(14(18)13(11)17)6-8-19-7-5-15/h3-4H,5-8H2,1-2H3. The third kappa shape index (κ3) is 2.51. The smallest absolute Gasteiger partial charge is 0.299 e. The summed E-state index contributed by atoms with van der Waals surface area (Å²) in [7, 11) is 0. The van der Waals surface area contributed by atoms with Gasteiger partial charge < -0.3 is 9.64 Å². The molecule has 0 aliphatic carbocycles. The molecule has 0 radical (unpaired) electrons. The number of hydrogen-bond donors (Lipinski definition) is 0. The number of alkyl halides is 1. The molecule has 0 bridgehead atoms. The molecule has 19 heavy (non-hydrogen) atoms. The Kier molecular flexibility index (Phi) is 4.22. The van der Waals surface area contributed by atoms with Crippen molar-refractivity contribution < 1.29 is 14.3 Å². The number of rotatable bonds is 5. The van der Waals surface area contributed by atoms with E-state index in [9.17, 15) is 9.59 Å². The fourth-order valence-corrected chi connectivity index (χ4v) is 2.31. The number of ketones is 1. The number of anilines is 1. The lowest BCUT2D eigenvalue weighted by molar-refractivity contribution is -0.114. The van der Waals surface area contributed by atoms with Gasteiger partial charge in [0.25, 0.3) is 11.7 Å².